The number of anilines is 1. The van der Waals surface area contributed by atoms with Crippen LogP contribution in [0.25, 0.3) is 0 Å². The molecular weight excluding hydrogens is 290 g/mol. The minimum Gasteiger partial charge on any atom is -0.478 e. The monoisotopic (exact) mass is 303 g/mol. The zero-order valence-corrected chi connectivity index (χ0v) is 12.4. The first-order valence-corrected chi connectivity index (χ1v) is 6.65. The number of aryl methyl sites for hydroxylation is 1. The van der Waals surface area contributed by atoms with Gasteiger partial charge in [-0.25, -0.2) is 4.79 Å². The first-order valence-electron chi connectivity index (χ1n) is 6.27. The molecule has 0 aliphatic heterocycles. The van der Waals surface area contributed by atoms with Crippen molar-refractivity contribution in [3.63, 3.8) is 0 Å². The maximum Gasteiger partial charge on any atom is 0.335 e. The number of nitrogens with zero attached hydrogens (tertiary/aromatic N) is 1. The van der Waals surface area contributed by atoms with Crippen LogP contribution >= 0.6 is 11.6 Å². The third-order valence-corrected chi connectivity index (χ3v) is 3.47. The number of halogens is 1. The fourth-order valence-corrected chi connectivity index (χ4v) is 2.12. The molecule has 0 unspecified atom stereocenters. The predicted octanol–water partition coefficient (Wildman–Crippen LogP) is 3.62. The van der Waals surface area contributed by atoms with Crippen molar-refractivity contribution >= 4 is 29.2 Å². The average Bonchev–Trinajstić information content (AvgIpc) is 2.48. The summed E-state index contributed by atoms with van der Waals surface area (Å²) < 4.78 is 0. The molecule has 2 rings (SSSR count). The number of carbonyl (C=O) groups is 2. The summed E-state index contributed by atoms with van der Waals surface area (Å²) in [5.74, 6) is -1.20. The Morgan fingerprint density at radius 3 is 2.29 bits per heavy atom. The smallest absolute Gasteiger partial charge is 0.335 e. The molecule has 0 atom stereocenters. The quantitative estimate of drug-likeness (QED) is 0.942. The lowest BCUT2D eigenvalue weighted by Crippen LogP contribution is -2.26. The summed E-state index contributed by atoms with van der Waals surface area (Å²) in [4.78, 5) is 24.8. The van der Waals surface area contributed by atoms with E-state index >= 15 is 0 Å². The second-order valence-electron chi connectivity index (χ2n) is 4.68. The molecule has 2 aromatic carbocycles. The molecule has 0 aliphatic carbocycles. The van der Waals surface area contributed by atoms with Crippen molar-refractivity contribution in [2.24, 2.45) is 0 Å². The van der Waals surface area contributed by atoms with Crippen LogP contribution in [-0.4, -0.2) is 24.0 Å². The largest absolute Gasteiger partial charge is 0.478 e. The molecule has 0 bridgehead atoms. The summed E-state index contributed by atoms with van der Waals surface area (Å²) >= 11 is 5.93. The van der Waals surface area contributed by atoms with Crippen molar-refractivity contribution in [2.45, 2.75) is 6.92 Å². The molecule has 108 valence electrons. The highest BCUT2D eigenvalue weighted by atomic mass is 35.5. The fraction of sp³-hybridized carbons (Fsp3) is 0.125. The van der Waals surface area contributed by atoms with Gasteiger partial charge in [-0.15, -0.1) is 0 Å². The number of rotatable bonds is 3. The van der Waals surface area contributed by atoms with Crippen LogP contribution < -0.4 is 4.90 Å². The van der Waals surface area contributed by atoms with Gasteiger partial charge < -0.3 is 10.0 Å². The van der Waals surface area contributed by atoms with Crippen LogP contribution in [0.1, 0.15) is 26.3 Å². The molecule has 0 fully saturated rings. The minimum atomic E-state index is -0.999. The van der Waals surface area contributed by atoms with Gasteiger partial charge in [0.15, 0.2) is 0 Å². The molecule has 0 saturated heterocycles. The highest BCUT2D eigenvalue weighted by Crippen LogP contribution is 2.21. The second kappa shape index (κ2) is 5.97. The molecule has 0 spiro atoms. The first-order chi connectivity index (χ1) is 9.90. The van der Waals surface area contributed by atoms with Crippen molar-refractivity contribution < 1.29 is 14.7 Å². The van der Waals surface area contributed by atoms with E-state index in [2.05, 4.69) is 0 Å². The minimum absolute atomic E-state index is 0.179. The van der Waals surface area contributed by atoms with Gasteiger partial charge in [0.25, 0.3) is 5.91 Å². The molecule has 2 aromatic rings. The second-order valence-corrected chi connectivity index (χ2v) is 5.11. The summed E-state index contributed by atoms with van der Waals surface area (Å²) in [6.45, 7) is 1.84. The Labute approximate surface area is 127 Å². The van der Waals surface area contributed by atoms with Crippen molar-refractivity contribution in [1.29, 1.82) is 0 Å². The third-order valence-electron chi connectivity index (χ3n) is 3.24. The van der Waals surface area contributed by atoms with Gasteiger partial charge in [-0.05, 0) is 48.9 Å². The third kappa shape index (κ3) is 3.23. The number of carboxylic acids is 1. The lowest BCUT2D eigenvalue weighted by Gasteiger charge is -2.19. The van der Waals surface area contributed by atoms with Gasteiger partial charge in [-0.2, -0.15) is 0 Å². The molecule has 21 heavy (non-hydrogen) atoms. The van der Waals surface area contributed by atoms with Gasteiger partial charge in [0.2, 0.25) is 0 Å². The van der Waals surface area contributed by atoms with E-state index in [1.54, 1.807) is 37.4 Å². The normalized spacial score (nSPS) is 10.2. The van der Waals surface area contributed by atoms with Crippen LogP contribution in [0.15, 0.2) is 42.5 Å². The van der Waals surface area contributed by atoms with Crippen molar-refractivity contribution in [3.8, 4) is 0 Å². The number of aromatic carboxylic acids is 1. The number of carboxylic acid groups (broad SMARTS) is 1. The summed E-state index contributed by atoms with van der Waals surface area (Å²) in [6, 6.07) is 11.3. The Morgan fingerprint density at radius 2 is 1.71 bits per heavy atom. The highest BCUT2D eigenvalue weighted by Gasteiger charge is 2.16. The molecule has 0 saturated carbocycles. The number of hydrogen-bond donors (Lipinski definition) is 1. The van der Waals surface area contributed by atoms with E-state index in [-0.39, 0.29) is 11.5 Å². The van der Waals surface area contributed by atoms with Crippen LogP contribution in [0.2, 0.25) is 5.02 Å². The number of hydrogen-bond acceptors (Lipinski definition) is 2. The number of amides is 1. The van der Waals surface area contributed by atoms with E-state index < -0.39 is 5.97 Å². The Hall–Kier alpha value is -2.33. The Kier molecular flexibility index (Phi) is 4.29. The summed E-state index contributed by atoms with van der Waals surface area (Å²) in [7, 11) is 1.64. The molecule has 4 nitrogen and oxygen atoms in total. The van der Waals surface area contributed by atoms with Crippen LogP contribution in [0.4, 0.5) is 5.69 Å². The number of carbonyl (C=O) groups excluding carboxylic acids is 1. The lowest BCUT2D eigenvalue weighted by atomic mass is 10.1. The highest BCUT2D eigenvalue weighted by molar-refractivity contribution is 6.31. The van der Waals surface area contributed by atoms with Crippen LogP contribution in [0.3, 0.4) is 0 Å². The maximum absolute atomic E-state index is 12.5. The summed E-state index contributed by atoms with van der Waals surface area (Å²) in [5, 5.41) is 9.37. The van der Waals surface area contributed by atoms with Crippen molar-refractivity contribution in [2.75, 3.05) is 11.9 Å². The van der Waals surface area contributed by atoms with E-state index in [1.165, 1.54) is 17.0 Å². The molecular formula is C16H14ClNO3. The van der Waals surface area contributed by atoms with E-state index in [0.29, 0.717) is 16.3 Å². The van der Waals surface area contributed by atoms with E-state index in [9.17, 15) is 9.59 Å². The molecule has 1 amide bonds. The average molecular weight is 304 g/mol. The number of benzene rings is 2. The molecule has 5 heteroatoms. The first kappa shape index (κ1) is 15.1. The van der Waals surface area contributed by atoms with Crippen LogP contribution in [0, 0.1) is 6.92 Å². The molecule has 0 heterocycles. The maximum atomic E-state index is 12.5. The molecule has 0 aromatic heterocycles. The summed E-state index contributed by atoms with van der Waals surface area (Å²) in [6.07, 6.45) is 0. The Morgan fingerprint density at radius 1 is 1.10 bits per heavy atom. The SMILES string of the molecule is Cc1ccc(Cl)cc1C(=O)N(C)c1ccc(C(=O)O)cc1. The predicted molar refractivity (Wildman–Crippen MR) is 82.3 cm³/mol. The Bertz CT molecular complexity index is 695. The lowest BCUT2D eigenvalue weighted by molar-refractivity contribution is 0.0696. The van der Waals surface area contributed by atoms with E-state index in [4.69, 9.17) is 16.7 Å². The standard InChI is InChI=1S/C16H14ClNO3/c1-10-3-6-12(17)9-14(10)15(19)18(2)13-7-4-11(5-8-13)16(20)21/h3-9H,1-2H3,(H,20,21). The summed E-state index contributed by atoms with van der Waals surface area (Å²) in [5.41, 5.74) is 2.15. The van der Waals surface area contributed by atoms with E-state index in [1.807, 2.05) is 6.92 Å². The van der Waals surface area contributed by atoms with Gasteiger partial charge >= 0.3 is 5.97 Å². The molecule has 0 radical (unpaired) electrons. The van der Waals surface area contributed by atoms with E-state index in [0.717, 1.165) is 5.56 Å². The van der Waals surface area contributed by atoms with Crippen molar-refractivity contribution in [1.82, 2.24) is 0 Å². The van der Waals surface area contributed by atoms with Crippen LogP contribution in [0.5, 0.6) is 0 Å². The van der Waals surface area contributed by atoms with Gasteiger partial charge in [0, 0.05) is 23.3 Å². The zero-order chi connectivity index (χ0) is 15.6. The van der Waals surface area contributed by atoms with Crippen molar-refractivity contribution in [3.05, 3.63) is 64.2 Å². The fourth-order valence-electron chi connectivity index (χ4n) is 1.95. The van der Waals surface area contributed by atoms with Gasteiger partial charge in [0.05, 0.1) is 5.56 Å². The topological polar surface area (TPSA) is 57.6 Å². The van der Waals surface area contributed by atoms with Gasteiger partial charge in [-0.1, -0.05) is 17.7 Å². The molecule has 0 aliphatic rings. The molecule has 1 N–H and O–H groups in total. The van der Waals surface area contributed by atoms with Gasteiger partial charge in [0.1, 0.15) is 0 Å². The Balaban J connectivity index is 2.30. The van der Waals surface area contributed by atoms with Gasteiger partial charge in [-0.3, -0.25) is 4.79 Å². The van der Waals surface area contributed by atoms with Crippen LogP contribution in [-0.2, 0) is 0 Å². The zero-order valence-electron chi connectivity index (χ0n) is 11.6.